The number of carbonyl (C=O) groups is 2. The number of nitrogens with zero attached hydrogens (tertiary/aromatic N) is 3. The molecule has 5 aromatic rings. The van der Waals surface area contributed by atoms with Crippen LogP contribution in [0.25, 0.3) is 21.9 Å². The number of hydrogen-bond acceptors (Lipinski definition) is 7. The highest BCUT2D eigenvalue weighted by Gasteiger charge is 2.26. The quantitative estimate of drug-likeness (QED) is 0.216. The number of para-hydroxylation sites is 1. The third-order valence-corrected chi connectivity index (χ3v) is 6.60. The van der Waals surface area contributed by atoms with E-state index in [0.717, 1.165) is 27.7 Å². The SMILES string of the molecule is COCCC(=O)Nc1c(C(=O)OC)n(CCc2c[nH]c3ccccc23)c2ncc(NCc3ccncc3)cc12. The Morgan fingerprint density at radius 3 is 2.69 bits per heavy atom. The van der Waals surface area contributed by atoms with Gasteiger partial charge in [0, 0.05) is 55.1 Å². The van der Waals surface area contributed by atoms with E-state index < -0.39 is 5.97 Å². The van der Waals surface area contributed by atoms with Crippen LogP contribution in [-0.4, -0.2) is 52.2 Å². The zero-order valence-corrected chi connectivity index (χ0v) is 21.9. The standard InChI is InChI=1S/C29H30N6O4/c1-38-14-10-25(36)34-26-23-15-21(31-16-19-7-11-30-12-8-19)18-33-28(23)35(27(26)29(37)39-2)13-9-20-17-32-24-6-4-3-5-22(20)24/h3-8,11-12,15,17-18,31-32H,9-10,13-14,16H2,1-2H3,(H,34,36). The van der Waals surface area contributed by atoms with Crippen LogP contribution in [-0.2, 0) is 33.8 Å². The summed E-state index contributed by atoms with van der Waals surface area (Å²) in [5.41, 5.74) is 5.17. The smallest absolute Gasteiger partial charge is 0.356 e. The van der Waals surface area contributed by atoms with Crippen LogP contribution in [0.15, 0.2) is 67.3 Å². The Labute approximate surface area is 225 Å². The molecule has 10 heteroatoms. The molecule has 5 rings (SSSR count). The van der Waals surface area contributed by atoms with Crippen LogP contribution in [0.2, 0.25) is 0 Å². The monoisotopic (exact) mass is 526 g/mol. The molecule has 0 fully saturated rings. The summed E-state index contributed by atoms with van der Waals surface area (Å²) in [5, 5.41) is 8.05. The number of hydrogen-bond donors (Lipinski definition) is 3. The van der Waals surface area contributed by atoms with Crippen molar-refractivity contribution in [2.75, 3.05) is 31.5 Å². The predicted octanol–water partition coefficient (Wildman–Crippen LogP) is 4.53. The van der Waals surface area contributed by atoms with Crippen LogP contribution in [0, 0.1) is 0 Å². The molecule has 0 aliphatic carbocycles. The van der Waals surface area contributed by atoms with Gasteiger partial charge in [0.25, 0.3) is 0 Å². The maximum absolute atomic E-state index is 13.1. The molecule has 0 atom stereocenters. The summed E-state index contributed by atoms with van der Waals surface area (Å²) in [6.45, 7) is 1.28. The number of pyridine rings is 2. The second-order valence-electron chi connectivity index (χ2n) is 9.07. The highest BCUT2D eigenvalue weighted by molar-refractivity contribution is 6.11. The zero-order chi connectivity index (χ0) is 27.2. The molecule has 0 aliphatic rings. The molecule has 0 saturated heterocycles. The van der Waals surface area contributed by atoms with Gasteiger partial charge in [-0.2, -0.15) is 0 Å². The number of ether oxygens (including phenoxy) is 2. The van der Waals surface area contributed by atoms with E-state index >= 15 is 0 Å². The molecule has 1 amide bonds. The molecule has 0 aliphatic heterocycles. The Bertz CT molecular complexity index is 1610. The average molecular weight is 527 g/mol. The summed E-state index contributed by atoms with van der Waals surface area (Å²) in [4.78, 5) is 38.0. The Kier molecular flexibility index (Phi) is 7.83. The van der Waals surface area contributed by atoms with Gasteiger partial charge in [-0.1, -0.05) is 18.2 Å². The number of aromatic amines is 1. The van der Waals surface area contributed by atoms with Gasteiger partial charge in [0.2, 0.25) is 5.91 Å². The molecule has 200 valence electrons. The van der Waals surface area contributed by atoms with E-state index in [1.54, 1.807) is 18.6 Å². The molecule has 0 bridgehead atoms. The number of H-pyrrole nitrogens is 1. The normalized spacial score (nSPS) is 11.1. The first-order chi connectivity index (χ1) is 19.1. The van der Waals surface area contributed by atoms with E-state index in [9.17, 15) is 9.59 Å². The summed E-state index contributed by atoms with van der Waals surface area (Å²) < 4.78 is 12.0. The molecule has 4 aromatic heterocycles. The Morgan fingerprint density at radius 1 is 1.08 bits per heavy atom. The number of anilines is 2. The number of benzene rings is 1. The van der Waals surface area contributed by atoms with Crippen LogP contribution in [0.1, 0.15) is 28.0 Å². The fraction of sp³-hybridized carbons (Fsp3) is 0.241. The van der Waals surface area contributed by atoms with Crippen molar-refractivity contribution in [3.63, 3.8) is 0 Å². The number of rotatable bonds is 11. The molecule has 10 nitrogen and oxygen atoms in total. The molecule has 4 heterocycles. The van der Waals surface area contributed by atoms with Crippen molar-refractivity contribution in [1.29, 1.82) is 0 Å². The molecule has 0 unspecified atom stereocenters. The topological polar surface area (TPSA) is 123 Å². The number of nitrogens with one attached hydrogen (secondary N) is 3. The van der Waals surface area contributed by atoms with Crippen LogP contribution < -0.4 is 10.6 Å². The first kappa shape index (κ1) is 25.9. The summed E-state index contributed by atoms with van der Waals surface area (Å²) in [5.74, 6) is -0.826. The van der Waals surface area contributed by atoms with Gasteiger partial charge >= 0.3 is 5.97 Å². The van der Waals surface area contributed by atoms with E-state index in [1.807, 2.05) is 47.2 Å². The number of esters is 1. The van der Waals surface area contributed by atoms with Crippen molar-refractivity contribution < 1.29 is 19.1 Å². The van der Waals surface area contributed by atoms with E-state index in [2.05, 4.69) is 26.7 Å². The maximum atomic E-state index is 13.1. The van der Waals surface area contributed by atoms with Gasteiger partial charge in [0.1, 0.15) is 5.65 Å². The lowest BCUT2D eigenvalue weighted by molar-refractivity contribution is -0.117. The van der Waals surface area contributed by atoms with Crippen molar-refractivity contribution in [2.45, 2.75) is 25.9 Å². The van der Waals surface area contributed by atoms with Crippen LogP contribution >= 0.6 is 0 Å². The summed E-state index contributed by atoms with van der Waals surface area (Å²) >= 11 is 0. The van der Waals surface area contributed by atoms with Crippen molar-refractivity contribution >= 4 is 45.2 Å². The lowest BCUT2D eigenvalue weighted by atomic mass is 10.1. The first-order valence-corrected chi connectivity index (χ1v) is 12.7. The molecule has 1 aromatic carbocycles. The summed E-state index contributed by atoms with van der Waals surface area (Å²) in [7, 11) is 2.87. The molecule has 0 radical (unpaired) electrons. The minimum Gasteiger partial charge on any atom is -0.464 e. The van der Waals surface area contributed by atoms with E-state index in [1.165, 1.54) is 14.2 Å². The minimum absolute atomic E-state index is 0.145. The second-order valence-corrected chi connectivity index (χ2v) is 9.07. The Hall–Kier alpha value is -4.70. The molecule has 39 heavy (non-hydrogen) atoms. The number of methoxy groups -OCH3 is 2. The second kappa shape index (κ2) is 11.8. The van der Waals surface area contributed by atoms with Crippen LogP contribution in [0.3, 0.4) is 0 Å². The largest absolute Gasteiger partial charge is 0.464 e. The minimum atomic E-state index is -0.555. The van der Waals surface area contributed by atoms with Gasteiger partial charge < -0.3 is 29.7 Å². The van der Waals surface area contributed by atoms with Gasteiger partial charge in [-0.3, -0.25) is 9.78 Å². The molecular weight excluding hydrogens is 496 g/mol. The predicted molar refractivity (Wildman–Crippen MR) is 150 cm³/mol. The van der Waals surface area contributed by atoms with Gasteiger partial charge in [0.15, 0.2) is 5.69 Å². The van der Waals surface area contributed by atoms with Gasteiger partial charge in [-0.15, -0.1) is 0 Å². The third kappa shape index (κ3) is 5.60. The van der Waals surface area contributed by atoms with Gasteiger partial charge in [-0.05, 0) is 41.8 Å². The number of fused-ring (bicyclic) bond motifs is 2. The first-order valence-electron chi connectivity index (χ1n) is 12.7. The molecule has 0 spiro atoms. The van der Waals surface area contributed by atoms with E-state index in [4.69, 9.17) is 14.5 Å². The highest BCUT2D eigenvalue weighted by atomic mass is 16.5. The average Bonchev–Trinajstić information content (AvgIpc) is 3.52. The number of carbonyl (C=O) groups excluding carboxylic acids is 2. The van der Waals surface area contributed by atoms with Gasteiger partial charge in [0.05, 0.1) is 37.7 Å². The number of aromatic nitrogens is 4. The van der Waals surface area contributed by atoms with Gasteiger partial charge in [-0.25, -0.2) is 9.78 Å². The van der Waals surface area contributed by atoms with Crippen molar-refractivity contribution in [2.24, 2.45) is 0 Å². The van der Waals surface area contributed by atoms with E-state index in [0.29, 0.717) is 36.2 Å². The van der Waals surface area contributed by atoms with Crippen LogP contribution in [0.4, 0.5) is 11.4 Å². The lowest BCUT2D eigenvalue weighted by Crippen LogP contribution is -2.18. The molecular formula is C29H30N6O4. The highest BCUT2D eigenvalue weighted by Crippen LogP contribution is 2.33. The molecule has 0 saturated carbocycles. The van der Waals surface area contributed by atoms with Crippen molar-refractivity contribution in [3.8, 4) is 0 Å². The number of amides is 1. The Morgan fingerprint density at radius 2 is 1.90 bits per heavy atom. The summed E-state index contributed by atoms with van der Waals surface area (Å²) in [6.07, 6.45) is 7.97. The maximum Gasteiger partial charge on any atom is 0.356 e. The fourth-order valence-electron chi connectivity index (χ4n) is 4.65. The molecule has 3 N–H and O–H groups in total. The number of aryl methyl sites for hydroxylation is 2. The lowest BCUT2D eigenvalue weighted by Gasteiger charge is -2.11. The Balaban J connectivity index is 1.54. The van der Waals surface area contributed by atoms with E-state index in [-0.39, 0.29) is 24.6 Å². The third-order valence-electron chi connectivity index (χ3n) is 6.60. The zero-order valence-electron chi connectivity index (χ0n) is 21.9. The van der Waals surface area contributed by atoms with Crippen LogP contribution in [0.5, 0.6) is 0 Å². The summed E-state index contributed by atoms with van der Waals surface area (Å²) in [6, 6.07) is 13.8. The van der Waals surface area contributed by atoms with Crippen molar-refractivity contribution in [3.05, 3.63) is 84.1 Å². The fourth-order valence-corrected chi connectivity index (χ4v) is 4.65. The van der Waals surface area contributed by atoms with Crippen molar-refractivity contribution in [1.82, 2.24) is 19.5 Å².